The van der Waals surface area contributed by atoms with E-state index in [0.29, 0.717) is 18.0 Å². The molecule has 162 valence electrons. The van der Waals surface area contributed by atoms with E-state index in [-0.39, 0.29) is 5.91 Å². The Morgan fingerprint density at radius 3 is 2.61 bits per heavy atom. The van der Waals surface area contributed by atoms with Crippen molar-refractivity contribution in [2.24, 2.45) is 7.05 Å². The third-order valence-corrected chi connectivity index (χ3v) is 6.42. The van der Waals surface area contributed by atoms with Crippen molar-refractivity contribution in [2.45, 2.75) is 57.9 Å². The van der Waals surface area contributed by atoms with Crippen LogP contribution in [0.15, 0.2) is 24.4 Å². The predicted molar refractivity (Wildman–Crippen MR) is 121 cm³/mol. The zero-order chi connectivity index (χ0) is 21.4. The Morgan fingerprint density at radius 1 is 1.16 bits per heavy atom. The maximum atomic E-state index is 13.1. The predicted octanol–water partition coefficient (Wildman–Crippen LogP) is 3.86. The summed E-state index contributed by atoms with van der Waals surface area (Å²) < 4.78 is 1.78. The first-order valence-electron chi connectivity index (χ1n) is 11.4. The summed E-state index contributed by atoms with van der Waals surface area (Å²) in [5.74, 6) is 1.43. The number of aryl methyl sites for hydroxylation is 2. The third kappa shape index (κ3) is 4.13. The van der Waals surface area contributed by atoms with E-state index in [4.69, 9.17) is 4.98 Å². The molecule has 1 amide bonds. The van der Waals surface area contributed by atoms with Gasteiger partial charge in [-0.2, -0.15) is 5.10 Å². The highest BCUT2D eigenvalue weighted by molar-refractivity contribution is 6.06. The second-order valence-corrected chi connectivity index (χ2v) is 8.89. The average molecular weight is 419 g/mol. The van der Waals surface area contributed by atoms with Gasteiger partial charge in [0.25, 0.3) is 5.91 Å². The number of rotatable bonds is 5. The molecule has 1 saturated heterocycles. The molecule has 2 fully saturated rings. The minimum absolute atomic E-state index is 0.0815. The molecule has 0 aromatic carbocycles. The Bertz CT molecular complexity index is 1090. The Balaban J connectivity index is 1.32. The molecule has 3 aromatic heterocycles. The minimum Gasteiger partial charge on any atom is -0.357 e. The smallest absolute Gasteiger partial charge is 0.252 e. The molecule has 1 N–H and O–H groups in total. The summed E-state index contributed by atoms with van der Waals surface area (Å²) in [7, 11) is 1.89. The fourth-order valence-corrected chi connectivity index (χ4v) is 4.52. The molecular weight excluding hydrogens is 388 g/mol. The molecule has 0 spiro atoms. The van der Waals surface area contributed by atoms with Gasteiger partial charge in [-0.1, -0.05) is 18.9 Å². The molecule has 2 aliphatic rings. The summed E-state index contributed by atoms with van der Waals surface area (Å²) in [5.41, 5.74) is 4.30. The van der Waals surface area contributed by atoms with Crippen LogP contribution in [0.1, 0.15) is 71.8 Å². The zero-order valence-electron chi connectivity index (χ0n) is 18.4. The maximum Gasteiger partial charge on any atom is 0.252 e. The van der Waals surface area contributed by atoms with Gasteiger partial charge >= 0.3 is 0 Å². The van der Waals surface area contributed by atoms with Gasteiger partial charge < -0.3 is 10.2 Å². The second-order valence-electron chi connectivity index (χ2n) is 8.89. The van der Waals surface area contributed by atoms with Crippen molar-refractivity contribution < 1.29 is 4.79 Å². The quantitative estimate of drug-likeness (QED) is 0.681. The number of hydrogen-bond acceptors (Lipinski definition) is 5. The number of aromatic nitrogens is 4. The van der Waals surface area contributed by atoms with Gasteiger partial charge in [-0.3, -0.25) is 9.48 Å². The summed E-state index contributed by atoms with van der Waals surface area (Å²) in [6, 6.07) is 6.11. The summed E-state index contributed by atoms with van der Waals surface area (Å²) in [4.78, 5) is 24.9. The first-order chi connectivity index (χ1) is 15.1. The summed E-state index contributed by atoms with van der Waals surface area (Å²) >= 11 is 0. The van der Waals surface area contributed by atoms with E-state index in [1.165, 1.54) is 25.7 Å². The Kier molecular flexibility index (Phi) is 5.34. The van der Waals surface area contributed by atoms with E-state index in [0.717, 1.165) is 59.7 Å². The van der Waals surface area contributed by atoms with Crippen LogP contribution >= 0.6 is 0 Å². The van der Waals surface area contributed by atoms with Crippen LogP contribution in [0.25, 0.3) is 11.0 Å². The molecule has 1 aliphatic heterocycles. The highest BCUT2D eigenvalue weighted by Crippen LogP contribution is 2.40. The highest BCUT2D eigenvalue weighted by Gasteiger charge is 2.28. The van der Waals surface area contributed by atoms with Crippen LogP contribution in [0.4, 0.5) is 5.82 Å². The fraction of sp³-hybridized carbons (Fsp3) is 0.500. The molecule has 3 aromatic rings. The molecule has 0 radical (unpaired) electrons. The summed E-state index contributed by atoms with van der Waals surface area (Å²) in [6.45, 7) is 4.54. The molecule has 31 heavy (non-hydrogen) atoms. The van der Waals surface area contributed by atoms with Crippen molar-refractivity contribution in [1.29, 1.82) is 0 Å². The molecule has 0 unspecified atom stereocenters. The molecule has 4 heterocycles. The van der Waals surface area contributed by atoms with E-state index in [1.54, 1.807) is 4.68 Å². The number of hydrogen-bond donors (Lipinski definition) is 1. The largest absolute Gasteiger partial charge is 0.357 e. The number of anilines is 1. The van der Waals surface area contributed by atoms with Crippen molar-refractivity contribution in [2.75, 3.05) is 18.0 Å². The van der Waals surface area contributed by atoms with E-state index in [9.17, 15) is 4.79 Å². The molecular formula is C24H30N6O. The van der Waals surface area contributed by atoms with Gasteiger partial charge in [-0.05, 0) is 50.3 Å². The molecule has 1 aliphatic carbocycles. The summed E-state index contributed by atoms with van der Waals surface area (Å²) in [5, 5.41) is 8.42. The van der Waals surface area contributed by atoms with Crippen molar-refractivity contribution >= 4 is 22.8 Å². The monoisotopic (exact) mass is 418 g/mol. The molecule has 5 rings (SSSR count). The van der Waals surface area contributed by atoms with E-state index >= 15 is 0 Å². The molecule has 1 saturated carbocycles. The number of pyridine rings is 2. The van der Waals surface area contributed by atoms with Crippen molar-refractivity contribution in [1.82, 2.24) is 25.1 Å². The first kappa shape index (κ1) is 20.0. The van der Waals surface area contributed by atoms with Crippen molar-refractivity contribution in [3.63, 3.8) is 0 Å². The van der Waals surface area contributed by atoms with E-state index in [1.807, 2.05) is 26.2 Å². The zero-order valence-corrected chi connectivity index (χ0v) is 18.4. The van der Waals surface area contributed by atoms with Gasteiger partial charge in [0, 0.05) is 44.5 Å². The van der Waals surface area contributed by atoms with Crippen LogP contribution in [0, 0.1) is 6.92 Å². The van der Waals surface area contributed by atoms with Gasteiger partial charge in [0.1, 0.15) is 5.82 Å². The highest BCUT2D eigenvalue weighted by atomic mass is 16.1. The standard InChI is InChI=1S/C24H30N6O/c1-16-22-19(13-20(18-8-9-18)27-23(22)29(2)28-16)24(31)26-15-17-7-10-21(25-14-17)30-11-5-3-4-6-12-30/h7,10,13-14,18H,3-6,8-9,11-12,15H2,1-2H3,(H,26,31). The Morgan fingerprint density at radius 2 is 1.94 bits per heavy atom. The van der Waals surface area contributed by atoms with Crippen LogP contribution in [-0.4, -0.2) is 38.7 Å². The fourth-order valence-electron chi connectivity index (χ4n) is 4.52. The number of nitrogens with zero attached hydrogens (tertiary/aromatic N) is 5. The third-order valence-electron chi connectivity index (χ3n) is 6.42. The van der Waals surface area contributed by atoms with Gasteiger partial charge in [0.05, 0.1) is 16.6 Å². The number of carbonyl (C=O) groups excluding carboxylic acids is 1. The van der Waals surface area contributed by atoms with Gasteiger partial charge in [0.2, 0.25) is 0 Å². The maximum absolute atomic E-state index is 13.1. The van der Waals surface area contributed by atoms with Crippen LogP contribution in [0.3, 0.4) is 0 Å². The second kappa shape index (κ2) is 8.29. The normalized spacial score (nSPS) is 17.0. The van der Waals surface area contributed by atoms with Gasteiger partial charge in [-0.15, -0.1) is 0 Å². The number of nitrogens with one attached hydrogen (secondary N) is 1. The van der Waals surface area contributed by atoms with Gasteiger partial charge in [0.15, 0.2) is 5.65 Å². The van der Waals surface area contributed by atoms with E-state index < -0.39 is 0 Å². The topological polar surface area (TPSA) is 75.9 Å². The van der Waals surface area contributed by atoms with Crippen LogP contribution < -0.4 is 10.2 Å². The van der Waals surface area contributed by atoms with Crippen molar-refractivity contribution in [3.8, 4) is 0 Å². The number of fused-ring (bicyclic) bond motifs is 1. The molecule has 7 heteroatoms. The first-order valence-corrected chi connectivity index (χ1v) is 11.4. The Labute approximate surface area is 182 Å². The van der Waals surface area contributed by atoms with Crippen LogP contribution in [-0.2, 0) is 13.6 Å². The minimum atomic E-state index is -0.0815. The number of amides is 1. The summed E-state index contributed by atoms with van der Waals surface area (Å²) in [6.07, 6.45) is 9.25. The van der Waals surface area contributed by atoms with Crippen molar-refractivity contribution in [3.05, 3.63) is 46.9 Å². The SMILES string of the molecule is Cc1nn(C)c2nc(C3CC3)cc(C(=O)NCc3ccc(N4CCCCCC4)nc3)c12. The number of carbonyl (C=O) groups is 1. The molecule has 0 atom stereocenters. The molecule has 7 nitrogen and oxygen atoms in total. The van der Waals surface area contributed by atoms with E-state index in [2.05, 4.69) is 32.4 Å². The average Bonchev–Trinajstić information content (AvgIpc) is 3.61. The Hall–Kier alpha value is -2.96. The van der Waals surface area contributed by atoms with Crippen LogP contribution in [0.5, 0.6) is 0 Å². The lowest BCUT2D eigenvalue weighted by molar-refractivity contribution is 0.0952. The lowest BCUT2D eigenvalue weighted by Crippen LogP contribution is -2.25. The lowest BCUT2D eigenvalue weighted by Gasteiger charge is -2.21. The van der Waals surface area contributed by atoms with Crippen LogP contribution in [0.2, 0.25) is 0 Å². The van der Waals surface area contributed by atoms with Gasteiger partial charge in [-0.25, -0.2) is 9.97 Å². The molecule has 0 bridgehead atoms. The lowest BCUT2D eigenvalue weighted by atomic mass is 10.1.